The summed E-state index contributed by atoms with van der Waals surface area (Å²) in [5.41, 5.74) is 0.625. The van der Waals surface area contributed by atoms with Gasteiger partial charge in [-0.05, 0) is 17.7 Å². The molecule has 0 heterocycles. The molecule has 0 radical (unpaired) electrons. The molecule has 0 aromatic heterocycles. The number of esters is 1. The zero-order valence-corrected chi connectivity index (χ0v) is 11.7. The minimum atomic E-state index is -1.25. The van der Waals surface area contributed by atoms with E-state index in [2.05, 4.69) is 10.1 Å². The lowest BCUT2D eigenvalue weighted by Gasteiger charge is -2.14. The number of amides is 1. The first-order chi connectivity index (χ1) is 10.3. The monoisotopic (exact) mass is 309 g/mol. The Labute approximate surface area is 125 Å². The summed E-state index contributed by atoms with van der Waals surface area (Å²) in [6.45, 7) is 0.572. The van der Waals surface area contributed by atoms with Gasteiger partial charge in [-0.15, -0.1) is 0 Å². The third-order valence-electron chi connectivity index (χ3n) is 2.68. The summed E-state index contributed by atoms with van der Waals surface area (Å²) < 4.78 is 4.47. The summed E-state index contributed by atoms with van der Waals surface area (Å²) in [5.74, 6) is -3.72. The standard InChI is InChI=1S/C14H15NO7/c1-8(16)22-7-12(17)15-11(14(20)21)6-9-2-4-10(5-3-9)13(18)19/h2-5,11H,6-7H2,1H3,(H,15,17)(H,18,19)(H,20,21)/t11-/m0/s1. The van der Waals surface area contributed by atoms with Crippen molar-refractivity contribution in [1.29, 1.82) is 0 Å². The Morgan fingerprint density at radius 3 is 2.18 bits per heavy atom. The van der Waals surface area contributed by atoms with E-state index in [1.54, 1.807) is 0 Å². The molecule has 22 heavy (non-hydrogen) atoms. The summed E-state index contributed by atoms with van der Waals surface area (Å²) in [5, 5.41) is 20.1. The average Bonchev–Trinajstić information content (AvgIpc) is 2.44. The van der Waals surface area contributed by atoms with Crippen LogP contribution in [0.15, 0.2) is 24.3 Å². The predicted octanol–water partition coefficient (Wildman–Crippen LogP) is 0.0598. The highest BCUT2D eigenvalue weighted by molar-refractivity contribution is 5.87. The van der Waals surface area contributed by atoms with Crippen LogP contribution in [-0.2, 0) is 25.5 Å². The third-order valence-corrected chi connectivity index (χ3v) is 2.68. The molecule has 0 saturated carbocycles. The van der Waals surface area contributed by atoms with E-state index in [4.69, 9.17) is 10.2 Å². The number of carbonyl (C=O) groups is 4. The van der Waals surface area contributed by atoms with Gasteiger partial charge in [0.05, 0.1) is 5.56 Å². The molecule has 0 saturated heterocycles. The molecule has 1 rings (SSSR count). The van der Waals surface area contributed by atoms with Crippen molar-refractivity contribution in [2.45, 2.75) is 19.4 Å². The second-order valence-electron chi connectivity index (χ2n) is 4.44. The number of hydrogen-bond donors (Lipinski definition) is 3. The number of nitrogens with one attached hydrogen (secondary N) is 1. The van der Waals surface area contributed by atoms with Crippen molar-refractivity contribution in [1.82, 2.24) is 5.32 Å². The summed E-state index contributed by atoms with van der Waals surface area (Å²) in [6, 6.07) is 4.42. The van der Waals surface area contributed by atoms with Crippen LogP contribution in [0.1, 0.15) is 22.8 Å². The van der Waals surface area contributed by atoms with Crippen molar-refractivity contribution >= 4 is 23.8 Å². The highest BCUT2D eigenvalue weighted by Crippen LogP contribution is 2.07. The molecule has 1 atom stereocenters. The largest absolute Gasteiger partial charge is 0.480 e. The van der Waals surface area contributed by atoms with E-state index in [1.807, 2.05) is 0 Å². The molecule has 0 aliphatic rings. The normalized spacial score (nSPS) is 11.3. The van der Waals surface area contributed by atoms with E-state index >= 15 is 0 Å². The fourth-order valence-electron chi connectivity index (χ4n) is 1.62. The Balaban J connectivity index is 2.67. The van der Waals surface area contributed by atoms with Crippen molar-refractivity contribution in [2.24, 2.45) is 0 Å². The summed E-state index contributed by atoms with van der Waals surface area (Å²) >= 11 is 0. The third kappa shape index (κ3) is 5.61. The van der Waals surface area contributed by atoms with E-state index < -0.39 is 36.5 Å². The van der Waals surface area contributed by atoms with Gasteiger partial charge < -0.3 is 20.3 Å². The van der Waals surface area contributed by atoms with E-state index in [0.29, 0.717) is 5.56 Å². The molecular weight excluding hydrogens is 294 g/mol. The molecule has 0 fully saturated rings. The van der Waals surface area contributed by atoms with Crippen LogP contribution in [0.2, 0.25) is 0 Å². The second-order valence-corrected chi connectivity index (χ2v) is 4.44. The Morgan fingerprint density at radius 1 is 1.14 bits per heavy atom. The molecule has 0 bridgehead atoms. The van der Waals surface area contributed by atoms with Crippen LogP contribution < -0.4 is 5.32 Å². The quantitative estimate of drug-likeness (QED) is 0.607. The van der Waals surface area contributed by atoms with E-state index in [-0.39, 0.29) is 12.0 Å². The number of rotatable bonds is 7. The number of carboxylic acids is 2. The van der Waals surface area contributed by atoms with Gasteiger partial charge in [0.2, 0.25) is 0 Å². The van der Waals surface area contributed by atoms with Gasteiger partial charge in [-0.2, -0.15) is 0 Å². The SMILES string of the molecule is CC(=O)OCC(=O)N[C@@H](Cc1ccc(C(=O)O)cc1)C(=O)O. The number of ether oxygens (including phenoxy) is 1. The molecule has 1 aromatic rings. The molecular formula is C14H15NO7. The van der Waals surface area contributed by atoms with Gasteiger partial charge in [0, 0.05) is 13.3 Å². The first-order valence-corrected chi connectivity index (χ1v) is 6.27. The average molecular weight is 309 g/mol. The summed E-state index contributed by atoms with van der Waals surface area (Å²) in [7, 11) is 0. The Bertz CT molecular complexity index is 579. The minimum Gasteiger partial charge on any atom is -0.480 e. The molecule has 0 aliphatic heterocycles. The molecule has 0 unspecified atom stereocenters. The number of aromatic carboxylic acids is 1. The topological polar surface area (TPSA) is 130 Å². The number of hydrogen-bond acceptors (Lipinski definition) is 5. The van der Waals surface area contributed by atoms with Crippen molar-refractivity contribution in [3.63, 3.8) is 0 Å². The van der Waals surface area contributed by atoms with Gasteiger partial charge in [0.1, 0.15) is 6.04 Å². The maximum absolute atomic E-state index is 11.5. The lowest BCUT2D eigenvalue weighted by molar-refractivity contribution is -0.148. The molecule has 1 amide bonds. The van der Waals surface area contributed by atoms with Gasteiger partial charge in [-0.25, -0.2) is 9.59 Å². The fourth-order valence-corrected chi connectivity index (χ4v) is 1.62. The molecule has 8 nitrogen and oxygen atoms in total. The maximum Gasteiger partial charge on any atom is 0.335 e. The second kappa shape index (κ2) is 7.77. The van der Waals surface area contributed by atoms with Crippen LogP contribution in [0.5, 0.6) is 0 Å². The molecule has 118 valence electrons. The highest BCUT2D eigenvalue weighted by Gasteiger charge is 2.21. The van der Waals surface area contributed by atoms with Gasteiger partial charge in [-0.1, -0.05) is 12.1 Å². The van der Waals surface area contributed by atoms with Crippen LogP contribution in [0.4, 0.5) is 0 Å². The zero-order chi connectivity index (χ0) is 16.7. The molecule has 1 aromatic carbocycles. The van der Waals surface area contributed by atoms with Crippen LogP contribution >= 0.6 is 0 Å². The number of carboxylic acid groups (broad SMARTS) is 2. The number of aliphatic carboxylic acids is 1. The van der Waals surface area contributed by atoms with Crippen LogP contribution in [0.3, 0.4) is 0 Å². The summed E-state index contributed by atoms with van der Waals surface area (Å²) in [6.07, 6.45) is -0.0267. The van der Waals surface area contributed by atoms with Crippen molar-refractivity contribution in [2.75, 3.05) is 6.61 Å². The van der Waals surface area contributed by atoms with Gasteiger partial charge in [0.15, 0.2) is 6.61 Å². The van der Waals surface area contributed by atoms with Crippen LogP contribution in [0, 0.1) is 0 Å². The van der Waals surface area contributed by atoms with Gasteiger partial charge >= 0.3 is 17.9 Å². The number of benzene rings is 1. The van der Waals surface area contributed by atoms with Gasteiger partial charge in [0.25, 0.3) is 5.91 Å². The fraction of sp³-hybridized carbons (Fsp3) is 0.286. The van der Waals surface area contributed by atoms with Crippen molar-refractivity contribution < 1.29 is 34.1 Å². The Kier molecular flexibility index (Phi) is 6.06. The predicted molar refractivity (Wildman–Crippen MR) is 73.3 cm³/mol. The lowest BCUT2D eigenvalue weighted by Crippen LogP contribution is -2.44. The Morgan fingerprint density at radius 2 is 1.73 bits per heavy atom. The number of carbonyl (C=O) groups excluding carboxylic acids is 2. The molecule has 0 aliphatic carbocycles. The van der Waals surface area contributed by atoms with Crippen LogP contribution in [0.25, 0.3) is 0 Å². The lowest BCUT2D eigenvalue weighted by atomic mass is 10.0. The van der Waals surface area contributed by atoms with E-state index in [0.717, 1.165) is 6.92 Å². The highest BCUT2D eigenvalue weighted by atomic mass is 16.5. The van der Waals surface area contributed by atoms with Gasteiger partial charge in [-0.3, -0.25) is 9.59 Å². The summed E-state index contributed by atoms with van der Waals surface area (Å²) in [4.78, 5) is 43.9. The maximum atomic E-state index is 11.5. The zero-order valence-electron chi connectivity index (χ0n) is 11.7. The first-order valence-electron chi connectivity index (χ1n) is 6.27. The van der Waals surface area contributed by atoms with E-state index in [1.165, 1.54) is 24.3 Å². The molecule has 3 N–H and O–H groups in total. The van der Waals surface area contributed by atoms with Crippen molar-refractivity contribution in [3.05, 3.63) is 35.4 Å². The first kappa shape index (κ1) is 17.2. The molecule has 8 heteroatoms. The Hall–Kier alpha value is -2.90. The minimum absolute atomic E-state index is 0.0267. The smallest absolute Gasteiger partial charge is 0.335 e. The molecule has 0 spiro atoms. The van der Waals surface area contributed by atoms with E-state index in [9.17, 15) is 19.2 Å². The van der Waals surface area contributed by atoms with Crippen LogP contribution in [-0.4, -0.2) is 46.7 Å². The van der Waals surface area contributed by atoms with Crippen molar-refractivity contribution in [3.8, 4) is 0 Å².